The Morgan fingerprint density at radius 3 is 2.87 bits per heavy atom. The zero-order valence-electron chi connectivity index (χ0n) is 9.70. The van der Waals surface area contributed by atoms with E-state index in [2.05, 4.69) is 0 Å². The number of rotatable bonds is 3. The maximum atomic E-state index is 11.7. The number of nitrogens with zero attached hydrogens (tertiary/aromatic N) is 1. The van der Waals surface area contributed by atoms with Gasteiger partial charge in [0.2, 0.25) is 5.91 Å². The highest BCUT2D eigenvalue weighted by atomic mass is 16.3. The van der Waals surface area contributed by atoms with Gasteiger partial charge in [0.15, 0.2) is 0 Å². The van der Waals surface area contributed by atoms with E-state index in [1.165, 1.54) is 0 Å². The van der Waals surface area contributed by atoms with Gasteiger partial charge in [0.1, 0.15) is 0 Å². The summed E-state index contributed by atoms with van der Waals surface area (Å²) >= 11 is 0. The van der Waals surface area contributed by atoms with Gasteiger partial charge in [-0.05, 0) is 33.1 Å². The number of amides is 1. The second-order valence-corrected chi connectivity index (χ2v) is 4.93. The molecule has 2 unspecified atom stereocenters. The van der Waals surface area contributed by atoms with Crippen LogP contribution in [0, 0.1) is 0 Å². The van der Waals surface area contributed by atoms with E-state index in [9.17, 15) is 9.90 Å². The highest BCUT2D eigenvalue weighted by Gasteiger charge is 2.30. The summed E-state index contributed by atoms with van der Waals surface area (Å²) in [5.74, 6) is 0.118. The maximum Gasteiger partial charge on any atom is 0.222 e. The van der Waals surface area contributed by atoms with Gasteiger partial charge in [0.05, 0.1) is 5.60 Å². The van der Waals surface area contributed by atoms with Crippen molar-refractivity contribution in [3.05, 3.63) is 0 Å². The largest absolute Gasteiger partial charge is 0.388 e. The number of hydrogen-bond acceptors (Lipinski definition) is 3. The maximum absolute atomic E-state index is 11.7. The fourth-order valence-corrected chi connectivity index (χ4v) is 1.94. The number of nitrogens with two attached hydrogens (primary N) is 1. The summed E-state index contributed by atoms with van der Waals surface area (Å²) in [6.07, 6.45) is 2.88. The fraction of sp³-hybridized carbons (Fsp3) is 0.909. The van der Waals surface area contributed by atoms with Crippen LogP contribution in [0.15, 0.2) is 0 Å². The molecule has 0 spiro atoms. The minimum Gasteiger partial charge on any atom is -0.388 e. The molecule has 1 rings (SSSR count). The third-order valence-electron chi connectivity index (χ3n) is 2.84. The van der Waals surface area contributed by atoms with Gasteiger partial charge in [0, 0.05) is 25.6 Å². The molecular weight excluding hydrogens is 192 g/mol. The number of carbonyl (C=O) groups excluding carboxylic acids is 1. The number of β-amino-alcohol motifs (C(OH)–C–C–N with tert-alkyl or cyclic N) is 1. The third-order valence-corrected chi connectivity index (χ3v) is 2.84. The van der Waals surface area contributed by atoms with Crippen LogP contribution in [0.4, 0.5) is 0 Å². The number of hydrogen-bond donors (Lipinski definition) is 2. The lowest BCUT2D eigenvalue weighted by Crippen LogP contribution is -2.48. The first-order valence-corrected chi connectivity index (χ1v) is 5.66. The second-order valence-electron chi connectivity index (χ2n) is 4.93. The molecule has 3 N–H and O–H groups in total. The van der Waals surface area contributed by atoms with Crippen molar-refractivity contribution in [2.45, 2.75) is 51.2 Å². The summed E-state index contributed by atoms with van der Waals surface area (Å²) in [7, 11) is 0. The zero-order chi connectivity index (χ0) is 11.5. The molecule has 4 nitrogen and oxygen atoms in total. The molecule has 1 saturated heterocycles. The molecule has 0 saturated carbocycles. The van der Waals surface area contributed by atoms with Gasteiger partial charge in [-0.15, -0.1) is 0 Å². The van der Waals surface area contributed by atoms with Crippen LogP contribution in [0.2, 0.25) is 0 Å². The first-order chi connectivity index (χ1) is 6.91. The number of likely N-dealkylation sites (tertiary alicyclic amines) is 1. The smallest absolute Gasteiger partial charge is 0.222 e. The van der Waals surface area contributed by atoms with E-state index in [1.807, 2.05) is 6.92 Å². The molecule has 1 aliphatic rings. The Bertz CT molecular complexity index is 227. The van der Waals surface area contributed by atoms with Gasteiger partial charge in [-0.1, -0.05) is 0 Å². The minimum atomic E-state index is -0.706. The Labute approximate surface area is 91.4 Å². The molecule has 0 aromatic carbocycles. The summed E-state index contributed by atoms with van der Waals surface area (Å²) in [5.41, 5.74) is 4.90. The Kier molecular flexibility index (Phi) is 4.11. The number of piperidine rings is 1. The molecule has 1 amide bonds. The average Bonchev–Trinajstić information content (AvgIpc) is 2.12. The summed E-state index contributed by atoms with van der Waals surface area (Å²) in [6, 6.07) is 0.0688. The average molecular weight is 214 g/mol. The predicted molar refractivity (Wildman–Crippen MR) is 59.3 cm³/mol. The van der Waals surface area contributed by atoms with E-state index in [0.717, 1.165) is 25.8 Å². The third kappa shape index (κ3) is 4.18. The van der Waals surface area contributed by atoms with Gasteiger partial charge < -0.3 is 15.7 Å². The van der Waals surface area contributed by atoms with E-state index in [0.29, 0.717) is 13.0 Å². The van der Waals surface area contributed by atoms with Crippen molar-refractivity contribution in [2.75, 3.05) is 13.1 Å². The molecule has 1 aliphatic heterocycles. The number of carbonyl (C=O) groups is 1. The predicted octanol–water partition coefficient (Wildman–Crippen LogP) is 0.487. The van der Waals surface area contributed by atoms with Crippen LogP contribution < -0.4 is 5.73 Å². The van der Waals surface area contributed by atoms with Gasteiger partial charge in [-0.2, -0.15) is 0 Å². The normalized spacial score (nSPS) is 28.9. The standard InChI is InChI=1S/C11H22N2O2/c1-9(12)4-5-10(14)13-7-3-6-11(2,15)8-13/h9,15H,3-8,12H2,1-2H3. The summed E-state index contributed by atoms with van der Waals surface area (Å²) in [6.45, 7) is 4.93. The van der Waals surface area contributed by atoms with Crippen LogP contribution in [0.3, 0.4) is 0 Å². The lowest BCUT2D eigenvalue weighted by molar-refractivity contribution is -0.137. The lowest BCUT2D eigenvalue weighted by Gasteiger charge is -2.37. The van der Waals surface area contributed by atoms with Crippen LogP contribution in [0.1, 0.15) is 39.5 Å². The van der Waals surface area contributed by atoms with Crippen LogP contribution in [0.5, 0.6) is 0 Å². The molecule has 0 radical (unpaired) electrons. The number of aliphatic hydroxyl groups is 1. The van der Waals surface area contributed by atoms with Crippen LogP contribution in [-0.4, -0.2) is 40.6 Å². The SMILES string of the molecule is CC(N)CCC(=O)N1CCCC(C)(O)C1. The van der Waals surface area contributed by atoms with Crippen molar-refractivity contribution in [1.29, 1.82) is 0 Å². The van der Waals surface area contributed by atoms with Crippen molar-refractivity contribution < 1.29 is 9.90 Å². The Morgan fingerprint density at radius 1 is 1.67 bits per heavy atom. The van der Waals surface area contributed by atoms with Crippen molar-refractivity contribution >= 4 is 5.91 Å². The van der Waals surface area contributed by atoms with Gasteiger partial charge in [0.25, 0.3) is 0 Å². The first-order valence-electron chi connectivity index (χ1n) is 5.66. The highest BCUT2D eigenvalue weighted by Crippen LogP contribution is 2.20. The molecule has 0 bridgehead atoms. The van der Waals surface area contributed by atoms with Crippen LogP contribution in [-0.2, 0) is 4.79 Å². The molecule has 0 aliphatic carbocycles. The van der Waals surface area contributed by atoms with E-state index >= 15 is 0 Å². The fourth-order valence-electron chi connectivity index (χ4n) is 1.94. The molecule has 88 valence electrons. The van der Waals surface area contributed by atoms with Crippen LogP contribution in [0.25, 0.3) is 0 Å². The van der Waals surface area contributed by atoms with Crippen molar-refractivity contribution in [3.8, 4) is 0 Å². The van der Waals surface area contributed by atoms with E-state index in [-0.39, 0.29) is 11.9 Å². The monoisotopic (exact) mass is 214 g/mol. The second kappa shape index (κ2) is 4.94. The van der Waals surface area contributed by atoms with Gasteiger partial charge in [-0.25, -0.2) is 0 Å². The molecular formula is C11H22N2O2. The Hall–Kier alpha value is -0.610. The van der Waals surface area contributed by atoms with E-state index in [4.69, 9.17) is 5.73 Å². The van der Waals surface area contributed by atoms with E-state index < -0.39 is 5.60 Å². The molecule has 2 atom stereocenters. The van der Waals surface area contributed by atoms with Crippen molar-refractivity contribution in [1.82, 2.24) is 4.90 Å². The molecule has 15 heavy (non-hydrogen) atoms. The molecule has 0 aromatic heterocycles. The summed E-state index contributed by atoms with van der Waals surface area (Å²) in [5, 5.41) is 9.85. The van der Waals surface area contributed by atoms with Crippen molar-refractivity contribution in [2.24, 2.45) is 5.73 Å². The Balaban J connectivity index is 2.39. The molecule has 1 heterocycles. The van der Waals surface area contributed by atoms with Gasteiger partial charge >= 0.3 is 0 Å². The molecule has 4 heteroatoms. The quantitative estimate of drug-likeness (QED) is 0.718. The molecule has 1 fully saturated rings. The lowest BCUT2D eigenvalue weighted by atomic mass is 9.95. The summed E-state index contributed by atoms with van der Waals surface area (Å²) in [4.78, 5) is 13.5. The summed E-state index contributed by atoms with van der Waals surface area (Å²) < 4.78 is 0. The minimum absolute atomic E-state index is 0.0688. The van der Waals surface area contributed by atoms with E-state index in [1.54, 1.807) is 11.8 Å². The topological polar surface area (TPSA) is 66.6 Å². The van der Waals surface area contributed by atoms with Gasteiger partial charge in [-0.3, -0.25) is 4.79 Å². The first kappa shape index (κ1) is 12.5. The van der Waals surface area contributed by atoms with Crippen LogP contribution >= 0.6 is 0 Å². The highest BCUT2D eigenvalue weighted by molar-refractivity contribution is 5.76. The molecule has 0 aromatic rings. The van der Waals surface area contributed by atoms with Crippen molar-refractivity contribution in [3.63, 3.8) is 0 Å². The Morgan fingerprint density at radius 2 is 2.33 bits per heavy atom. The zero-order valence-corrected chi connectivity index (χ0v) is 9.70.